The van der Waals surface area contributed by atoms with Gasteiger partial charge in [0.25, 0.3) is 0 Å². The lowest BCUT2D eigenvalue weighted by molar-refractivity contribution is 0.141. The van der Waals surface area contributed by atoms with Crippen molar-refractivity contribution in [2.45, 2.75) is 0 Å². The van der Waals surface area contributed by atoms with Crippen LogP contribution in [0.25, 0.3) is 16.2 Å². The minimum atomic E-state index is -0.286. The van der Waals surface area contributed by atoms with E-state index >= 15 is 0 Å². The zero-order chi connectivity index (χ0) is 16.4. The summed E-state index contributed by atoms with van der Waals surface area (Å²) in [7, 11) is 0. The largest absolute Gasteiger partial charge is 0.395 e. The molecule has 3 rings (SSSR count). The molecule has 1 N–H and O–H groups in total. The molecule has 0 unspecified atom stereocenters. The average molecular weight is 355 g/mol. The molecule has 122 valence electrons. The van der Waals surface area contributed by atoms with Gasteiger partial charge in [0.1, 0.15) is 4.83 Å². The molecule has 2 aromatic heterocycles. The molecule has 0 amide bonds. The zero-order valence-electron chi connectivity index (χ0n) is 12.2. The van der Waals surface area contributed by atoms with Gasteiger partial charge in [-0.3, -0.25) is 9.69 Å². The first kappa shape index (κ1) is 16.2. The predicted molar refractivity (Wildman–Crippen MR) is 89.4 cm³/mol. The standard InChI is InChI=1S/C14H15ClN4O3S/c15-10-7-11-13(16-8-10)23-14(22)19(11)12(9-21)18-3-1-17(2-4-18)5-6-20/h7-8,20H,1-6H2. The number of fused-ring (bicyclic) bond motifs is 1. The molecule has 0 saturated carbocycles. The van der Waals surface area contributed by atoms with Crippen molar-refractivity contribution < 1.29 is 9.90 Å². The third kappa shape index (κ3) is 3.17. The summed E-state index contributed by atoms with van der Waals surface area (Å²) in [6.45, 7) is 3.30. The molecule has 0 spiro atoms. The second-order valence-electron chi connectivity index (χ2n) is 5.16. The van der Waals surface area contributed by atoms with E-state index in [9.17, 15) is 9.59 Å². The minimum Gasteiger partial charge on any atom is -0.395 e. The van der Waals surface area contributed by atoms with Crippen LogP contribution in [0.3, 0.4) is 0 Å². The number of aromatic nitrogens is 2. The molecule has 3 heterocycles. The smallest absolute Gasteiger partial charge is 0.315 e. The van der Waals surface area contributed by atoms with E-state index in [-0.39, 0.29) is 17.3 Å². The molecule has 1 saturated heterocycles. The van der Waals surface area contributed by atoms with Crippen molar-refractivity contribution in [3.8, 4) is 0 Å². The van der Waals surface area contributed by atoms with Gasteiger partial charge in [-0.15, -0.1) is 0 Å². The van der Waals surface area contributed by atoms with Crippen LogP contribution < -0.4 is 4.87 Å². The lowest BCUT2D eigenvalue weighted by Crippen LogP contribution is -2.47. The predicted octanol–water partition coefficient (Wildman–Crippen LogP) is 0.351. The molecule has 7 nitrogen and oxygen atoms in total. The maximum Gasteiger partial charge on any atom is 0.315 e. The first-order valence-electron chi connectivity index (χ1n) is 7.15. The minimum absolute atomic E-state index is 0.106. The number of pyridine rings is 1. The summed E-state index contributed by atoms with van der Waals surface area (Å²) in [5.41, 5.74) is 0.517. The van der Waals surface area contributed by atoms with E-state index in [1.807, 2.05) is 10.8 Å². The molecule has 0 radical (unpaired) electrons. The lowest BCUT2D eigenvalue weighted by atomic mass is 10.3. The number of thiazole rings is 1. The van der Waals surface area contributed by atoms with Crippen LogP contribution in [0.15, 0.2) is 17.1 Å². The Labute approximate surface area is 141 Å². The molecule has 0 atom stereocenters. The van der Waals surface area contributed by atoms with Gasteiger partial charge >= 0.3 is 4.87 Å². The molecular weight excluding hydrogens is 340 g/mol. The summed E-state index contributed by atoms with van der Waals surface area (Å²) in [5.74, 6) is 2.09. The molecule has 23 heavy (non-hydrogen) atoms. The Kier molecular flexibility index (Phi) is 4.79. The number of piperazine rings is 1. The quantitative estimate of drug-likeness (QED) is 0.798. The Bertz CT molecular complexity index is 819. The fraction of sp³-hybridized carbons (Fsp3) is 0.429. The van der Waals surface area contributed by atoms with Gasteiger partial charge in [-0.1, -0.05) is 22.9 Å². The fourth-order valence-electron chi connectivity index (χ4n) is 2.66. The molecule has 0 aliphatic carbocycles. The maximum atomic E-state index is 12.3. The van der Waals surface area contributed by atoms with Crippen LogP contribution in [0.4, 0.5) is 0 Å². The highest BCUT2D eigenvalue weighted by Gasteiger charge is 2.23. The third-order valence-electron chi connectivity index (χ3n) is 3.80. The zero-order valence-corrected chi connectivity index (χ0v) is 13.8. The van der Waals surface area contributed by atoms with Crippen molar-refractivity contribution in [2.24, 2.45) is 0 Å². The lowest BCUT2D eigenvalue weighted by Gasteiger charge is -2.35. The Morgan fingerprint density at radius 2 is 2.13 bits per heavy atom. The normalized spacial score (nSPS) is 15.8. The number of aliphatic hydroxyl groups excluding tert-OH is 1. The average Bonchev–Trinajstić information content (AvgIpc) is 2.86. The van der Waals surface area contributed by atoms with E-state index in [1.54, 1.807) is 6.07 Å². The van der Waals surface area contributed by atoms with Crippen molar-refractivity contribution >= 4 is 45.0 Å². The van der Waals surface area contributed by atoms with Crippen molar-refractivity contribution in [1.82, 2.24) is 19.4 Å². The molecule has 1 aliphatic heterocycles. The second kappa shape index (κ2) is 6.82. The van der Waals surface area contributed by atoms with Gasteiger partial charge < -0.3 is 10.0 Å². The van der Waals surface area contributed by atoms with Crippen LogP contribution in [0, 0.1) is 0 Å². The van der Waals surface area contributed by atoms with Gasteiger partial charge in [-0.25, -0.2) is 14.3 Å². The van der Waals surface area contributed by atoms with Crippen LogP contribution in [0.2, 0.25) is 5.02 Å². The summed E-state index contributed by atoms with van der Waals surface area (Å²) in [5, 5.41) is 9.39. The molecule has 1 aliphatic rings. The van der Waals surface area contributed by atoms with Gasteiger partial charge in [0.15, 0.2) is 5.94 Å². The van der Waals surface area contributed by atoms with Crippen LogP contribution in [-0.2, 0) is 4.79 Å². The van der Waals surface area contributed by atoms with E-state index in [2.05, 4.69) is 9.88 Å². The number of rotatable bonds is 4. The molecule has 2 aromatic rings. The highest BCUT2D eigenvalue weighted by molar-refractivity contribution is 7.16. The number of β-amino-alcohol motifs (C(OH)–C–C–N with tert-alkyl or cyclic N) is 1. The number of hydrogen-bond acceptors (Lipinski definition) is 7. The van der Waals surface area contributed by atoms with Gasteiger partial charge in [-0.05, 0) is 6.07 Å². The van der Waals surface area contributed by atoms with Crippen molar-refractivity contribution in [3.05, 3.63) is 27.0 Å². The van der Waals surface area contributed by atoms with E-state index in [1.165, 1.54) is 10.8 Å². The molecule has 9 heteroatoms. The van der Waals surface area contributed by atoms with Crippen LogP contribution >= 0.6 is 22.9 Å². The van der Waals surface area contributed by atoms with Gasteiger partial charge in [0.05, 0.1) is 17.1 Å². The van der Waals surface area contributed by atoms with Gasteiger partial charge in [0, 0.05) is 38.9 Å². The van der Waals surface area contributed by atoms with Crippen molar-refractivity contribution in [3.63, 3.8) is 0 Å². The van der Waals surface area contributed by atoms with Gasteiger partial charge in [-0.2, -0.15) is 0 Å². The Morgan fingerprint density at radius 1 is 1.39 bits per heavy atom. The SMILES string of the molecule is O=C=C(N1CCN(CCO)CC1)n1c(=O)sc2ncc(Cl)cc21. The Hall–Kier alpha value is -1.70. The highest BCUT2D eigenvalue weighted by atomic mass is 35.5. The third-order valence-corrected chi connectivity index (χ3v) is 4.87. The van der Waals surface area contributed by atoms with Crippen molar-refractivity contribution in [1.29, 1.82) is 0 Å². The maximum absolute atomic E-state index is 12.3. The number of hydrogen-bond donors (Lipinski definition) is 1. The summed E-state index contributed by atoms with van der Waals surface area (Å²) < 4.78 is 1.33. The monoisotopic (exact) mass is 354 g/mol. The van der Waals surface area contributed by atoms with E-state index in [0.29, 0.717) is 48.1 Å². The van der Waals surface area contributed by atoms with Crippen LogP contribution in [-0.4, -0.2) is 69.7 Å². The molecule has 1 fully saturated rings. The number of carbonyl (C=O) groups excluding carboxylic acids is 1. The molecule has 0 aromatic carbocycles. The fourth-order valence-corrected chi connectivity index (χ4v) is 3.61. The highest BCUT2D eigenvalue weighted by Crippen LogP contribution is 2.22. The van der Waals surface area contributed by atoms with E-state index in [0.717, 1.165) is 11.3 Å². The van der Waals surface area contributed by atoms with E-state index in [4.69, 9.17) is 16.7 Å². The van der Waals surface area contributed by atoms with Crippen LogP contribution in [0.1, 0.15) is 0 Å². The number of halogens is 1. The number of aliphatic hydroxyl groups is 1. The second-order valence-corrected chi connectivity index (χ2v) is 6.54. The molecular formula is C14H15ClN4O3S. The Morgan fingerprint density at radius 3 is 2.78 bits per heavy atom. The topological polar surface area (TPSA) is 78.7 Å². The van der Waals surface area contributed by atoms with Crippen LogP contribution in [0.5, 0.6) is 0 Å². The van der Waals surface area contributed by atoms with Gasteiger partial charge in [0.2, 0.25) is 5.82 Å². The summed E-state index contributed by atoms with van der Waals surface area (Å²) in [6.07, 6.45) is 1.47. The first-order valence-corrected chi connectivity index (χ1v) is 8.34. The number of nitrogens with zero attached hydrogens (tertiary/aromatic N) is 4. The summed E-state index contributed by atoms with van der Waals surface area (Å²) >= 11 is 6.93. The Balaban J connectivity index is 1.94. The first-order chi connectivity index (χ1) is 11.1. The summed E-state index contributed by atoms with van der Waals surface area (Å²) in [6, 6.07) is 1.63. The summed E-state index contributed by atoms with van der Waals surface area (Å²) in [4.78, 5) is 32.1. The van der Waals surface area contributed by atoms with E-state index < -0.39 is 0 Å². The molecule has 0 bridgehead atoms. The van der Waals surface area contributed by atoms with Crippen molar-refractivity contribution in [2.75, 3.05) is 39.3 Å².